The molecule has 0 aromatic heterocycles. The van der Waals surface area contributed by atoms with E-state index in [4.69, 9.17) is 4.74 Å². The lowest BCUT2D eigenvalue weighted by Gasteiger charge is -2.40. The van der Waals surface area contributed by atoms with E-state index >= 15 is 0 Å². The molecule has 2 rings (SSSR count). The molecule has 0 bridgehead atoms. The van der Waals surface area contributed by atoms with Crippen LogP contribution >= 0.6 is 15.9 Å². The van der Waals surface area contributed by atoms with Gasteiger partial charge in [0, 0.05) is 23.8 Å². The first-order valence-corrected chi connectivity index (χ1v) is 9.15. The number of likely N-dealkylation sites (tertiary alicyclic amines) is 1. The number of hydrogen-bond donors (Lipinski definition) is 0. The van der Waals surface area contributed by atoms with Crippen LogP contribution in [0.5, 0.6) is 0 Å². The molecule has 0 saturated carbocycles. The van der Waals surface area contributed by atoms with Crippen LogP contribution in [0.25, 0.3) is 0 Å². The number of rotatable bonds is 3. The van der Waals surface area contributed by atoms with Gasteiger partial charge in [0.25, 0.3) is 0 Å². The van der Waals surface area contributed by atoms with Gasteiger partial charge in [-0.25, -0.2) is 4.79 Å². The Bertz CT molecular complexity index is 484. The Morgan fingerprint density at radius 3 is 2.59 bits per heavy atom. The van der Waals surface area contributed by atoms with Gasteiger partial charge in [0.1, 0.15) is 5.60 Å². The van der Waals surface area contributed by atoms with E-state index < -0.39 is 5.60 Å². The van der Waals surface area contributed by atoms with Gasteiger partial charge in [-0.2, -0.15) is 0 Å². The van der Waals surface area contributed by atoms with Gasteiger partial charge in [-0.05, 0) is 45.6 Å². The van der Waals surface area contributed by atoms with Crippen LogP contribution in [0.1, 0.15) is 51.5 Å². The monoisotopic (exact) mass is 367 g/mol. The average molecular weight is 368 g/mol. The van der Waals surface area contributed by atoms with E-state index in [1.165, 1.54) is 12.0 Å². The van der Waals surface area contributed by atoms with Crippen molar-refractivity contribution in [2.75, 3.05) is 11.9 Å². The Hall–Kier alpha value is -1.03. The third-order valence-corrected chi connectivity index (χ3v) is 4.73. The number of nitrogens with zero attached hydrogens (tertiary/aromatic N) is 1. The van der Waals surface area contributed by atoms with Crippen LogP contribution in [0.3, 0.4) is 0 Å². The lowest BCUT2D eigenvalue weighted by atomic mass is 9.87. The molecule has 2 atom stereocenters. The van der Waals surface area contributed by atoms with Crippen molar-refractivity contribution < 1.29 is 9.53 Å². The molecule has 1 aliphatic heterocycles. The molecular weight excluding hydrogens is 342 g/mol. The molecule has 1 aromatic carbocycles. The predicted octanol–water partition coefficient (Wildman–Crippen LogP) is 4.95. The number of halogens is 1. The summed E-state index contributed by atoms with van der Waals surface area (Å²) in [6.45, 7) is 6.55. The molecule has 1 fully saturated rings. The van der Waals surface area contributed by atoms with Crippen molar-refractivity contribution >= 4 is 22.0 Å². The molecule has 1 saturated heterocycles. The van der Waals surface area contributed by atoms with Crippen LogP contribution in [0.15, 0.2) is 30.3 Å². The second kappa shape index (κ2) is 7.49. The fraction of sp³-hybridized carbons (Fsp3) is 0.611. The maximum Gasteiger partial charge on any atom is 0.410 e. The van der Waals surface area contributed by atoms with E-state index in [0.29, 0.717) is 5.92 Å². The summed E-state index contributed by atoms with van der Waals surface area (Å²) in [5.74, 6) is 0.300. The number of carbonyl (C=O) groups is 1. The highest BCUT2D eigenvalue weighted by atomic mass is 79.9. The molecule has 0 aliphatic carbocycles. The topological polar surface area (TPSA) is 29.5 Å². The molecule has 22 heavy (non-hydrogen) atoms. The molecule has 2 unspecified atom stereocenters. The summed E-state index contributed by atoms with van der Waals surface area (Å²) < 4.78 is 5.61. The van der Waals surface area contributed by atoms with E-state index in [9.17, 15) is 4.79 Å². The quantitative estimate of drug-likeness (QED) is 0.706. The van der Waals surface area contributed by atoms with Gasteiger partial charge in [-0.3, -0.25) is 0 Å². The minimum Gasteiger partial charge on any atom is -0.444 e. The summed E-state index contributed by atoms with van der Waals surface area (Å²) in [5.41, 5.74) is 0.829. The highest BCUT2D eigenvalue weighted by Crippen LogP contribution is 2.32. The fourth-order valence-corrected chi connectivity index (χ4v) is 3.84. The average Bonchev–Trinajstić information content (AvgIpc) is 2.48. The van der Waals surface area contributed by atoms with Crippen molar-refractivity contribution in [3.05, 3.63) is 35.9 Å². The minimum atomic E-state index is -0.449. The summed E-state index contributed by atoms with van der Waals surface area (Å²) in [6, 6.07) is 10.6. The van der Waals surface area contributed by atoms with Crippen molar-refractivity contribution in [2.24, 2.45) is 0 Å². The normalized spacial score (nSPS) is 20.5. The lowest BCUT2D eigenvalue weighted by molar-refractivity contribution is 0.00727. The first kappa shape index (κ1) is 17.3. The van der Waals surface area contributed by atoms with E-state index in [2.05, 4.69) is 40.2 Å². The number of benzene rings is 1. The standard InChI is InChI=1S/C18H26BrNO2/c1-18(2,3)22-17(21)20-12-8-7-11-16(20)15(13-19)14-9-5-4-6-10-14/h4-6,9-10,15-16H,7-8,11-13H2,1-3H3. The molecule has 122 valence electrons. The third kappa shape index (κ3) is 4.48. The molecular formula is C18H26BrNO2. The van der Waals surface area contributed by atoms with E-state index in [-0.39, 0.29) is 12.1 Å². The van der Waals surface area contributed by atoms with Gasteiger partial charge in [-0.1, -0.05) is 46.3 Å². The Kier molecular flexibility index (Phi) is 5.90. The van der Waals surface area contributed by atoms with Crippen molar-refractivity contribution in [2.45, 2.75) is 57.6 Å². The number of piperidine rings is 1. The highest BCUT2D eigenvalue weighted by molar-refractivity contribution is 9.09. The zero-order chi connectivity index (χ0) is 16.2. The number of carbonyl (C=O) groups excluding carboxylic acids is 1. The van der Waals surface area contributed by atoms with Crippen LogP contribution in [0.2, 0.25) is 0 Å². The van der Waals surface area contributed by atoms with Gasteiger partial charge in [0.15, 0.2) is 0 Å². The summed E-state index contributed by atoms with van der Waals surface area (Å²) in [5, 5.41) is 0.848. The molecule has 4 heteroatoms. The third-order valence-electron chi connectivity index (χ3n) is 4.04. The number of hydrogen-bond acceptors (Lipinski definition) is 2. The summed E-state index contributed by atoms with van der Waals surface area (Å²) in [7, 11) is 0. The van der Waals surface area contributed by atoms with Crippen LogP contribution in [-0.2, 0) is 4.74 Å². The molecule has 1 aliphatic rings. The first-order chi connectivity index (χ1) is 10.4. The lowest BCUT2D eigenvalue weighted by Crippen LogP contribution is -2.49. The molecule has 0 spiro atoms. The predicted molar refractivity (Wildman–Crippen MR) is 93.6 cm³/mol. The smallest absolute Gasteiger partial charge is 0.410 e. The van der Waals surface area contributed by atoms with E-state index in [0.717, 1.165) is 24.7 Å². The van der Waals surface area contributed by atoms with Crippen molar-refractivity contribution in [3.8, 4) is 0 Å². The van der Waals surface area contributed by atoms with Crippen molar-refractivity contribution in [1.82, 2.24) is 4.90 Å². The van der Waals surface area contributed by atoms with Crippen molar-refractivity contribution in [3.63, 3.8) is 0 Å². The van der Waals surface area contributed by atoms with E-state index in [1.54, 1.807) is 0 Å². The summed E-state index contributed by atoms with van der Waals surface area (Å²) in [6.07, 6.45) is 3.07. The largest absolute Gasteiger partial charge is 0.444 e. The van der Waals surface area contributed by atoms with Crippen LogP contribution in [-0.4, -0.2) is 34.5 Å². The molecule has 1 aromatic rings. The number of alkyl halides is 1. The van der Waals surface area contributed by atoms with Gasteiger partial charge in [0.05, 0.1) is 0 Å². The number of ether oxygens (including phenoxy) is 1. The highest BCUT2D eigenvalue weighted by Gasteiger charge is 2.35. The summed E-state index contributed by atoms with van der Waals surface area (Å²) in [4.78, 5) is 14.5. The second-order valence-corrected chi connectivity index (χ2v) is 7.56. The minimum absolute atomic E-state index is 0.181. The van der Waals surface area contributed by atoms with Gasteiger partial charge in [-0.15, -0.1) is 0 Å². The zero-order valence-electron chi connectivity index (χ0n) is 13.7. The SMILES string of the molecule is CC(C)(C)OC(=O)N1CCCCC1C(CBr)c1ccccc1. The number of amides is 1. The molecule has 0 N–H and O–H groups in total. The first-order valence-electron chi connectivity index (χ1n) is 8.03. The van der Waals surface area contributed by atoms with Gasteiger partial charge < -0.3 is 9.64 Å². The molecule has 1 heterocycles. The van der Waals surface area contributed by atoms with Crippen LogP contribution in [0, 0.1) is 0 Å². The second-order valence-electron chi connectivity index (χ2n) is 6.91. The Labute approximate surface area is 142 Å². The maximum atomic E-state index is 12.6. The zero-order valence-corrected chi connectivity index (χ0v) is 15.3. The Morgan fingerprint density at radius 1 is 1.32 bits per heavy atom. The van der Waals surface area contributed by atoms with Gasteiger partial charge in [0.2, 0.25) is 0 Å². The summed E-state index contributed by atoms with van der Waals surface area (Å²) >= 11 is 3.65. The van der Waals surface area contributed by atoms with Crippen LogP contribution < -0.4 is 0 Å². The maximum absolute atomic E-state index is 12.6. The van der Waals surface area contributed by atoms with E-state index in [1.807, 2.05) is 31.7 Å². The van der Waals surface area contributed by atoms with Crippen molar-refractivity contribution in [1.29, 1.82) is 0 Å². The molecule has 3 nitrogen and oxygen atoms in total. The molecule has 1 amide bonds. The van der Waals surface area contributed by atoms with Gasteiger partial charge >= 0.3 is 6.09 Å². The Morgan fingerprint density at radius 2 is 2.00 bits per heavy atom. The van der Waals surface area contributed by atoms with Crippen LogP contribution in [0.4, 0.5) is 4.79 Å². The fourth-order valence-electron chi connectivity index (χ4n) is 3.04. The Balaban J connectivity index is 2.19. The molecule has 0 radical (unpaired) electrons.